The van der Waals surface area contributed by atoms with E-state index in [1.54, 1.807) is 61.7 Å². The van der Waals surface area contributed by atoms with Crippen molar-refractivity contribution in [2.45, 2.75) is 6.92 Å². The highest BCUT2D eigenvalue weighted by atomic mass is 32.1. The van der Waals surface area contributed by atoms with Gasteiger partial charge in [-0.25, -0.2) is 0 Å². The van der Waals surface area contributed by atoms with Crippen LogP contribution in [0.4, 0.5) is 11.4 Å². The Bertz CT molecular complexity index is 1050. The lowest BCUT2D eigenvalue weighted by Crippen LogP contribution is -2.37. The summed E-state index contributed by atoms with van der Waals surface area (Å²) in [5.41, 5.74) is 1.62. The van der Waals surface area contributed by atoms with E-state index in [1.165, 1.54) is 16.2 Å². The summed E-state index contributed by atoms with van der Waals surface area (Å²) in [6.07, 6.45) is 0. The van der Waals surface area contributed by atoms with Crippen molar-refractivity contribution in [3.05, 3.63) is 76.5 Å². The van der Waals surface area contributed by atoms with Crippen LogP contribution in [0.15, 0.2) is 66.0 Å². The van der Waals surface area contributed by atoms with E-state index < -0.39 is 0 Å². The quantitative estimate of drug-likeness (QED) is 0.555. The zero-order valence-corrected chi connectivity index (χ0v) is 18.1. The maximum Gasteiger partial charge on any atom is 0.265 e. The van der Waals surface area contributed by atoms with E-state index in [4.69, 9.17) is 4.74 Å². The monoisotopic (exact) mass is 437 g/mol. The number of thiophene rings is 1. The maximum absolute atomic E-state index is 12.8. The summed E-state index contributed by atoms with van der Waals surface area (Å²) in [6.45, 7) is 2.11. The van der Waals surface area contributed by atoms with E-state index in [0.29, 0.717) is 34.1 Å². The van der Waals surface area contributed by atoms with Crippen LogP contribution in [0.25, 0.3) is 0 Å². The Morgan fingerprint density at radius 2 is 1.74 bits per heavy atom. The molecule has 0 spiro atoms. The van der Waals surface area contributed by atoms with Crippen LogP contribution in [0, 0.1) is 0 Å². The van der Waals surface area contributed by atoms with Gasteiger partial charge in [0.05, 0.1) is 12.0 Å². The molecule has 1 heterocycles. The number of anilines is 2. The number of rotatable bonds is 8. The van der Waals surface area contributed by atoms with Crippen molar-refractivity contribution in [2.75, 3.05) is 30.8 Å². The molecule has 0 bridgehead atoms. The maximum atomic E-state index is 12.8. The van der Waals surface area contributed by atoms with E-state index in [1.807, 2.05) is 18.4 Å². The van der Waals surface area contributed by atoms with Crippen LogP contribution in [-0.4, -0.2) is 42.8 Å². The third-order valence-electron chi connectivity index (χ3n) is 4.49. The van der Waals surface area contributed by atoms with Crippen molar-refractivity contribution in [3.63, 3.8) is 0 Å². The zero-order chi connectivity index (χ0) is 22.2. The zero-order valence-electron chi connectivity index (χ0n) is 17.3. The topological polar surface area (TPSA) is 87.7 Å². The van der Waals surface area contributed by atoms with Gasteiger partial charge in [-0.05, 0) is 54.8 Å². The van der Waals surface area contributed by atoms with Crippen LogP contribution < -0.4 is 15.4 Å². The van der Waals surface area contributed by atoms with Gasteiger partial charge in [0.15, 0.2) is 0 Å². The standard InChI is InChI=1S/C23H23N3O4S/c1-3-26(15-21(27)24-18-6-4-7-19(14-18)30-2)23(29)16-9-11-17(12-10-16)25-22(28)20-8-5-13-31-20/h4-14H,3,15H2,1-2H3,(H,24,27)(H,25,28). The van der Waals surface area contributed by atoms with Gasteiger partial charge in [0, 0.05) is 29.5 Å². The fourth-order valence-corrected chi connectivity index (χ4v) is 3.50. The van der Waals surface area contributed by atoms with Gasteiger partial charge in [-0.1, -0.05) is 12.1 Å². The second-order valence-electron chi connectivity index (χ2n) is 6.61. The second-order valence-corrected chi connectivity index (χ2v) is 7.56. The van der Waals surface area contributed by atoms with Crippen LogP contribution in [0.1, 0.15) is 27.0 Å². The summed E-state index contributed by atoms with van der Waals surface area (Å²) in [5.74, 6) is -0.131. The first kappa shape index (κ1) is 22.0. The molecule has 0 radical (unpaired) electrons. The number of benzene rings is 2. The number of carbonyl (C=O) groups excluding carboxylic acids is 3. The van der Waals surface area contributed by atoms with E-state index in [2.05, 4.69) is 10.6 Å². The number of carbonyl (C=O) groups is 3. The molecule has 0 unspecified atom stereocenters. The summed E-state index contributed by atoms with van der Waals surface area (Å²) in [7, 11) is 1.55. The number of hydrogen-bond donors (Lipinski definition) is 2. The Kier molecular flexibility index (Phi) is 7.40. The average molecular weight is 438 g/mol. The Labute approximate surface area is 184 Å². The number of amides is 3. The molecule has 2 N–H and O–H groups in total. The highest BCUT2D eigenvalue weighted by Crippen LogP contribution is 2.17. The first-order chi connectivity index (χ1) is 15.0. The van der Waals surface area contributed by atoms with Gasteiger partial charge in [0.25, 0.3) is 11.8 Å². The minimum Gasteiger partial charge on any atom is -0.497 e. The third kappa shape index (κ3) is 5.93. The molecule has 0 aliphatic carbocycles. The molecule has 0 saturated heterocycles. The Morgan fingerprint density at radius 3 is 2.39 bits per heavy atom. The Hall–Kier alpha value is -3.65. The SMILES string of the molecule is CCN(CC(=O)Nc1cccc(OC)c1)C(=O)c1ccc(NC(=O)c2cccs2)cc1. The summed E-state index contributed by atoms with van der Waals surface area (Å²) in [4.78, 5) is 39.4. The van der Waals surface area contributed by atoms with Gasteiger partial charge in [-0.3, -0.25) is 14.4 Å². The highest BCUT2D eigenvalue weighted by Gasteiger charge is 2.18. The molecule has 3 amide bonds. The van der Waals surface area contributed by atoms with Gasteiger partial charge in [-0.2, -0.15) is 0 Å². The minimum absolute atomic E-state index is 0.0800. The van der Waals surface area contributed by atoms with Crippen LogP contribution >= 0.6 is 11.3 Å². The number of likely N-dealkylation sites (N-methyl/N-ethyl adjacent to an activating group) is 1. The first-order valence-corrected chi connectivity index (χ1v) is 10.6. The van der Waals surface area contributed by atoms with E-state index in [0.717, 1.165) is 0 Å². The highest BCUT2D eigenvalue weighted by molar-refractivity contribution is 7.12. The summed E-state index contributed by atoms with van der Waals surface area (Å²) in [6, 6.07) is 17.2. The predicted molar refractivity (Wildman–Crippen MR) is 122 cm³/mol. The lowest BCUT2D eigenvalue weighted by Gasteiger charge is -2.20. The van der Waals surface area contributed by atoms with Crippen LogP contribution in [0.2, 0.25) is 0 Å². The van der Waals surface area contributed by atoms with E-state index in [-0.39, 0.29) is 24.3 Å². The molecular formula is C23H23N3O4S. The average Bonchev–Trinajstić information content (AvgIpc) is 3.33. The fraction of sp³-hybridized carbons (Fsp3) is 0.174. The van der Waals surface area contributed by atoms with Crippen molar-refractivity contribution >= 4 is 40.4 Å². The van der Waals surface area contributed by atoms with Gasteiger partial charge in [0.2, 0.25) is 5.91 Å². The number of hydrogen-bond acceptors (Lipinski definition) is 5. The minimum atomic E-state index is -0.303. The normalized spacial score (nSPS) is 10.3. The third-order valence-corrected chi connectivity index (χ3v) is 5.36. The number of nitrogens with zero attached hydrogens (tertiary/aromatic N) is 1. The smallest absolute Gasteiger partial charge is 0.265 e. The summed E-state index contributed by atoms with van der Waals surface area (Å²) in [5, 5.41) is 7.40. The van der Waals surface area contributed by atoms with Crippen molar-refractivity contribution in [1.29, 1.82) is 0 Å². The molecule has 0 atom stereocenters. The molecule has 31 heavy (non-hydrogen) atoms. The molecule has 160 valence electrons. The number of ether oxygens (including phenoxy) is 1. The van der Waals surface area contributed by atoms with Crippen molar-refractivity contribution < 1.29 is 19.1 Å². The molecule has 0 saturated carbocycles. The Balaban J connectivity index is 1.60. The molecule has 3 rings (SSSR count). The molecule has 0 aliphatic heterocycles. The van der Waals surface area contributed by atoms with Gasteiger partial charge in [-0.15, -0.1) is 11.3 Å². The van der Waals surface area contributed by atoms with Crippen LogP contribution in [0.3, 0.4) is 0 Å². The van der Waals surface area contributed by atoms with Gasteiger partial charge < -0.3 is 20.3 Å². The lowest BCUT2D eigenvalue weighted by atomic mass is 10.1. The van der Waals surface area contributed by atoms with Gasteiger partial charge in [0.1, 0.15) is 12.3 Å². The first-order valence-electron chi connectivity index (χ1n) is 9.68. The largest absolute Gasteiger partial charge is 0.497 e. The van der Waals surface area contributed by atoms with E-state index >= 15 is 0 Å². The molecule has 0 aliphatic rings. The lowest BCUT2D eigenvalue weighted by molar-refractivity contribution is -0.116. The molecule has 7 nitrogen and oxygen atoms in total. The van der Waals surface area contributed by atoms with Crippen LogP contribution in [0.5, 0.6) is 5.75 Å². The summed E-state index contributed by atoms with van der Waals surface area (Å²) < 4.78 is 5.15. The fourth-order valence-electron chi connectivity index (χ4n) is 2.88. The van der Waals surface area contributed by atoms with Crippen molar-refractivity contribution in [1.82, 2.24) is 4.90 Å². The van der Waals surface area contributed by atoms with Crippen molar-refractivity contribution in [2.24, 2.45) is 0 Å². The number of nitrogens with one attached hydrogen (secondary N) is 2. The van der Waals surface area contributed by atoms with Crippen LogP contribution in [-0.2, 0) is 4.79 Å². The molecular weight excluding hydrogens is 414 g/mol. The molecule has 2 aromatic carbocycles. The molecule has 0 fully saturated rings. The van der Waals surface area contributed by atoms with E-state index in [9.17, 15) is 14.4 Å². The molecule has 3 aromatic rings. The predicted octanol–water partition coefficient (Wildman–Crippen LogP) is 4.11. The molecule has 8 heteroatoms. The second kappa shape index (κ2) is 10.4. The Morgan fingerprint density at radius 1 is 0.968 bits per heavy atom. The molecule has 1 aromatic heterocycles. The van der Waals surface area contributed by atoms with Gasteiger partial charge >= 0.3 is 0 Å². The summed E-state index contributed by atoms with van der Waals surface area (Å²) >= 11 is 1.36. The number of methoxy groups -OCH3 is 1. The van der Waals surface area contributed by atoms with Crippen molar-refractivity contribution in [3.8, 4) is 5.75 Å².